The van der Waals surface area contributed by atoms with Crippen LogP contribution in [0.1, 0.15) is 0 Å². The Morgan fingerprint density at radius 3 is 2.21 bits per heavy atom. The van der Waals surface area contributed by atoms with Crippen LogP contribution in [-0.4, -0.2) is 21.9 Å². The first-order valence-electron chi connectivity index (χ1n) is 8.40. The molecule has 2 aromatic heterocycles. The van der Waals surface area contributed by atoms with Gasteiger partial charge in [0.05, 0.1) is 15.9 Å². The van der Waals surface area contributed by atoms with Crippen molar-refractivity contribution < 1.29 is 0 Å². The molecule has 9 heteroatoms. The minimum atomic E-state index is -0.105. The molecule has 4 rings (SSSR count). The number of thiophene rings is 1. The van der Waals surface area contributed by atoms with Gasteiger partial charge in [0.1, 0.15) is 5.82 Å². The number of benzene rings is 2. The van der Waals surface area contributed by atoms with Crippen molar-refractivity contribution in [3.8, 4) is 21.1 Å². The summed E-state index contributed by atoms with van der Waals surface area (Å²) in [6, 6.07) is 17.4. The minimum Gasteiger partial charge on any atom is -0.370 e. The van der Waals surface area contributed by atoms with Gasteiger partial charge in [-0.15, -0.1) is 11.3 Å². The summed E-state index contributed by atoms with van der Waals surface area (Å²) in [6.45, 7) is 0. The zero-order chi connectivity index (χ0) is 19.7. The van der Waals surface area contributed by atoms with E-state index in [-0.39, 0.29) is 11.9 Å². The van der Waals surface area contributed by atoms with E-state index in [1.54, 1.807) is 11.3 Å². The molecule has 0 aliphatic rings. The maximum atomic E-state index is 7.33. The number of guanidine groups is 2. The summed E-state index contributed by atoms with van der Waals surface area (Å²) in [4.78, 5) is 10.1. The van der Waals surface area contributed by atoms with Gasteiger partial charge in [-0.2, -0.15) is 0 Å². The summed E-state index contributed by atoms with van der Waals surface area (Å²) in [5.41, 5.74) is 15.0. The Labute approximate surface area is 164 Å². The van der Waals surface area contributed by atoms with Gasteiger partial charge < -0.3 is 27.1 Å². The lowest BCUT2D eigenvalue weighted by molar-refractivity contribution is 1.36. The fourth-order valence-corrected chi connectivity index (χ4v) is 3.81. The number of H-pyrrole nitrogens is 1. The number of rotatable bonds is 4. The number of aromatic amines is 1. The van der Waals surface area contributed by atoms with Crippen LogP contribution in [0.2, 0.25) is 0 Å². The quantitative estimate of drug-likeness (QED) is 0.210. The van der Waals surface area contributed by atoms with Crippen LogP contribution in [0, 0.1) is 10.8 Å². The van der Waals surface area contributed by atoms with Crippen LogP contribution in [0.25, 0.3) is 32.2 Å². The van der Waals surface area contributed by atoms with Crippen molar-refractivity contribution in [2.75, 3.05) is 10.6 Å². The van der Waals surface area contributed by atoms with E-state index in [9.17, 15) is 0 Å². The molecule has 0 unspecified atom stereocenters. The van der Waals surface area contributed by atoms with Gasteiger partial charge in [0.25, 0.3) is 0 Å². The van der Waals surface area contributed by atoms with E-state index in [0.717, 1.165) is 43.6 Å². The lowest BCUT2D eigenvalue weighted by Gasteiger charge is -2.04. The fourth-order valence-electron chi connectivity index (χ4n) is 2.85. The maximum absolute atomic E-state index is 7.33. The lowest BCUT2D eigenvalue weighted by atomic mass is 10.2. The van der Waals surface area contributed by atoms with Gasteiger partial charge in [-0.3, -0.25) is 10.8 Å². The fraction of sp³-hybridized carbons (Fsp3) is 0. The highest BCUT2D eigenvalue weighted by molar-refractivity contribution is 7.18. The third-order valence-corrected chi connectivity index (χ3v) is 5.19. The van der Waals surface area contributed by atoms with Crippen LogP contribution in [0.5, 0.6) is 0 Å². The smallest absolute Gasteiger partial charge is 0.190 e. The summed E-state index contributed by atoms with van der Waals surface area (Å²) in [6.07, 6.45) is 0. The summed E-state index contributed by atoms with van der Waals surface area (Å²) in [5, 5.41) is 20.2. The Kier molecular flexibility index (Phi) is 4.42. The predicted octanol–water partition coefficient (Wildman–Crippen LogP) is 3.57. The van der Waals surface area contributed by atoms with E-state index < -0.39 is 0 Å². The Morgan fingerprint density at radius 2 is 1.50 bits per heavy atom. The number of fused-ring (bicyclic) bond motifs is 1. The van der Waals surface area contributed by atoms with Crippen LogP contribution in [-0.2, 0) is 0 Å². The molecule has 140 valence electrons. The molecule has 28 heavy (non-hydrogen) atoms. The van der Waals surface area contributed by atoms with Gasteiger partial charge >= 0.3 is 0 Å². The molecule has 0 spiro atoms. The highest BCUT2D eigenvalue weighted by Gasteiger charge is 2.10. The number of aromatic nitrogens is 2. The molecule has 0 amide bonds. The van der Waals surface area contributed by atoms with Gasteiger partial charge in [0.15, 0.2) is 11.9 Å². The van der Waals surface area contributed by atoms with Gasteiger partial charge in [-0.1, -0.05) is 12.1 Å². The molecule has 9 N–H and O–H groups in total. The second-order valence-electron chi connectivity index (χ2n) is 6.14. The zero-order valence-electron chi connectivity index (χ0n) is 14.7. The topological polar surface area (TPSA) is 152 Å². The molecule has 0 atom stereocenters. The first-order valence-corrected chi connectivity index (χ1v) is 9.22. The number of hydrogen-bond acceptors (Lipinski definition) is 4. The summed E-state index contributed by atoms with van der Waals surface area (Å²) in [5.74, 6) is 0.602. The first-order chi connectivity index (χ1) is 13.5. The van der Waals surface area contributed by atoms with Crippen LogP contribution < -0.4 is 22.1 Å². The molecular formula is C19H18N8S. The van der Waals surface area contributed by atoms with E-state index >= 15 is 0 Å². The number of nitrogens with one attached hydrogen (secondary N) is 5. The molecule has 0 saturated carbocycles. The zero-order valence-corrected chi connectivity index (χ0v) is 15.5. The molecule has 2 heterocycles. The van der Waals surface area contributed by atoms with E-state index in [2.05, 4.69) is 26.7 Å². The molecule has 8 nitrogen and oxygen atoms in total. The van der Waals surface area contributed by atoms with Crippen molar-refractivity contribution >= 4 is 45.7 Å². The van der Waals surface area contributed by atoms with E-state index in [1.165, 1.54) is 0 Å². The third kappa shape index (κ3) is 3.64. The third-order valence-electron chi connectivity index (χ3n) is 4.05. The average molecular weight is 390 g/mol. The number of nitrogens with two attached hydrogens (primary N) is 2. The number of anilines is 2. The normalized spacial score (nSPS) is 10.7. The van der Waals surface area contributed by atoms with Crippen molar-refractivity contribution in [1.82, 2.24) is 9.97 Å². The van der Waals surface area contributed by atoms with Crippen molar-refractivity contribution in [1.29, 1.82) is 10.8 Å². The highest BCUT2D eigenvalue weighted by Crippen LogP contribution is 2.34. The van der Waals surface area contributed by atoms with Gasteiger partial charge in [-0.25, -0.2) is 4.98 Å². The van der Waals surface area contributed by atoms with Crippen LogP contribution in [0.3, 0.4) is 0 Å². The van der Waals surface area contributed by atoms with Gasteiger partial charge in [0.2, 0.25) is 0 Å². The lowest BCUT2D eigenvalue weighted by Crippen LogP contribution is -2.20. The SMILES string of the molecule is N=C(N)Nc1ccc(-c2ccc(-c3nc4ccc(NC(=N)N)cc4[nH]3)s2)cc1. The Bertz CT molecular complexity index is 1170. The molecule has 0 saturated heterocycles. The van der Waals surface area contributed by atoms with Crippen molar-refractivity contribution in [3.05, 3.63) is 54.6 Å². The summed E-state index contributed by atoms with van der Waals surface area (Å²) in [7, 11) is 0. The van der Waals surface area contributed by atoms with E-state index in [1.807, 2.05) is 48.5 Å². The number of nitrogens with zero attached hydrogens (tertiary/aromatic N) is 1. The van der Waals surface area contributed by atoms with Crippen molar-refractivity contribution in [2.45, 2.75) is 0 Å². The van der Waals surface area contributed by atoms with Crippen LogP contribution >= 0.6 is 11.3 Å². The van der Waals surface area contributed by atoms with Gasteiger partial charge in [0, 0.05) is 16.3 Å². The molecule has 0 radical (unpaired) electrons. The Hall–Kier alpha value is -3.85. The second kappa shape index (κ2) is 7.05. The number of imidazole rings is 1. The summed E-state index contributed by atoms with van der Waals surface area (Å²) < 4.78 is 0. The highest BCUT2D eigenvalue weighted by atomic mass is 32.1. The monoisotopic (exact) mass is 390 g/mol. The van der Waals surface area contributed by atoms with Gasteiger partial charge in [-0.05, 0) is 48.0 Å². The molecule has 0 aliphatic carbocycles. The summed E-state index contributed by atoms with van der Waals surface area (Å²) >= 11 is 1.64. The first kappa shape index (κ1) is 17.6. The molecular weight excluding hydrogens is 372 g/mol. The maximum Gasteiger partial charge on any atom is 0.190 e. The van der Waals surface area contributed by atoms with E-state index in [4.69, 9.17) is 22.3 Å². The van der Waals surface area contributed by atoms with Crippen LogP contribution in [0.4, 0.5) is 11.4 Å². The molecule has 4 aromatic rings. The largest absolute Gasteiger partial charge is 0.370 e. The average Bonchev–Trinajstić information content (AvgIpc) is 3.27. The predicted molar refractivity (Wildman–Crippen MR) is 116 cm³/mol. The Balaban J connectivity index is 1.60. The number of hydrogen-bond donors (Lipinski definition) is 7. The van der Waals surface area contributed by atoms with Crippen molar-refractivity contribution in [2.24, 2.45) is 11.5 Å². The second-order valence-corrected chi connectivity index (χ2v) is 7.22. The molecule has 0 bridgehead atoms. The standard InChI is InChI=1S/C19H18N8S/c20-18(21)24-11-3-1-10(2-4-11)15-7-8-16(28-15)17-26-13-6-5-12(25-19(22)23)9-14(13)27-17/h1-9H,(H,26,27)(H4,20,21,24)(H4,22,23,25). The van der Waals surface area contributed by atoms with E-state index in [0.29, 0.717) is 0 Å². The molecule has 2 aromatic carbocycles. The minimum absolute atomic E-state index is 0.0855. The van der Waals surface area contributed by atoms with Crippen molar-refractivity contribution in [3.63, 3.8) is 0 Å². The van der Waals surface area contributed by atoms with Crippen LogP contribution in [0.15, 0.2) is 54.6 Å². The molecule has 0 fully saturated rings. The molecule has 0 aliphatic heterocycles. The Morgan fingerprint density at radius 1 is 0.857 bits per heavy atom.